The van der Waals surface area contributed by atoms with Gasteiger partial charge in [0, 0.05) is 26.4 Å². The molecule has 0 aromatic heterocycles. The van der Waals surface area contributed by atoms with Gasteiger partial charge in [0.05, 0.1) is 6.10 Å². The van der Waals surface area contributed by atoms with Crippen molar-refractivity contribution in [2.75, 3.05) is 13.6 Å². The molecule has 2 aliphatic rings. The summed E-state index contributed by atoms with van der Waals surface area (Å²) >= 11 is 0. The number of fused-ring (bicyclic) bond motifs is 1. The Bertz CT molecular complexity index is 531. The van der Waals surface area contributed by atoms with E-state index in [1.54, 1.807) is 11.9 Å². The normalized spacial score (nSPS) is 29.8. The molecule has 0 radical (unpaired) electrons. The van der Waals surface area contributed by atoms with Gasteiger partial charge in [-0.15, -0.1) is 0 Å². The highest BCUT2D eigenvalue weighted by Gasteiger charge is 2.48. The number of hydrogen-bond acceptors (Lipinski definition) is 3. The minimum Gasteiger partial charge on any atom is -0.391 e. The van der Waals surface area contributed by atoms with Crippen LogP contribution in [0.5, 0.6) is 0 Å². The van der Waals surface area contributed by atoms with E-state index in [-0.39, 0.29) is 18.4 Å². The Morgan fingerprint density at radius 2 is 1.90 bits per heavy atom. The third-order valence-electron chi connectivity index (χ3n) is 4.22. The number of amides is 2. The van der Waals surface area contributed by atoms with Crippen molar-refractivity contribution in [2.45, 2.75) is 31.0 Å². The van der Waals surface area contributed by atoms with E-state index in [1.165, 1.54) is 4.90 Å². The first-order valence-electron chi connectivity index (χ1n) is 6.87. The molecule has 2 saturated heterocycles. The highest BCUT2D eigenvalue weighted by molar-refractivity contribution is 5.97. The Morgan fingerprint density at radius 3 is 2.60 bits per heavy atom. The van der Waals surface area contributed by atoms with Crippen LogP contribution in [0.1, 0.15) is 12.0 Å². The summed E-state index contributed by atoms with van der Waals surface area (Å²) in [6.45, 7) is 0.272. The molecule has 5 nitrogen and oxygen atoms in total. The van der Waals surface area contributed by atoms with E-state index in [1.807, 2.05) is 30.3 Å². The molecule has 1 aromatic rings. The van der Waals surface area contributed by atoms with Gasteiger partial charge in [-0.25, -0.2) is 0 Å². The molecule has 2 aliphatic heterocycles. The Morgan fingerprint density at radius 1 is 1.20 bits per heavy atom. The van der Waals surface area contributed by atoms with Crippen molar-refractivity contribution in [3.05, 3.63) is 35.9 Å². The number of carbonyl (C=O) groups is 2. The molecule has 2 fully saturated rings. The second-order valence-corrected chi connectivity index (χ2v) is 5.55. The molecule has 20 heavy (non-hydrogen) atoms. The standard InChI is InChI=1S/C15H18N2O3/c1-16-12(7-10-5-3-2-4-6-10)15(20)17-9-11(18)8-13(17)14(16)19/h2-6,11-13,18H,7-9H2,1H3/t11-,12?,13?/m1/s1. The molecule has 2 unspecified atom stereocenters. The molecule has 0 spiro atoms. The number of benzene rings is 1. The molecule has 5 heteroatoms. The van der Waals surface area contributed by atoms with Crippen molar-refractivity contribution in [1.82, 2.24) is 9.80 Å². The first-order chi connectivity index (χ1) is 9.58. The number of hydrogen-bond donors (Lipinski definition) is 1. The molecule has 0 saturated carbocycles. The third kappa shape index (κ3) is 2.08. The fraction of sp³-hybridized carbons (Fsp3) is 0.467. The Labute approximate surface area is 117 Å². The second-order valence-electron chi connectivity index (χ2n) is 5.55. The van der Waals surface area contributed by atoms with Gasteiger partial charge in [-0.3, -0.25) is 9.59 Å². The molecule has 106 valence electrons. The van der Waals surface area contributed by atoms with E-state index in [9.17, 15) is 14.7 Å². The Kier molecular flexibility index (Phi) is 3.22. The predicted molar refractivity (Wildman–Crippen MR) is 72.8 cm³/mol. The summed E-state index contributed by atoms with van der Waals surface area (Å²) in [4.78, 5) is 27.9. The molecule has 3 atom stereocenters. The van der Waals surface area contributed by atoms with Crippen LogP contribution in [0.3, 0.4) is 0 Å². The van der Waals surface area contributed by atoms with E-state index < -0.39 is 18.2 Å². The van der Waals surface area contributed by atoms with Gasteiger partial charge in [0.1, 0.15) is 12.1 Å². The van der Waals surface area contributed by atoms with E-state index in [0.717, 1.165) is 5.56 Å². The topological polar surface area (TPSA) is 60.9 Å². The summed E-state index contributed by atoms with van der Waals surface area (Å²) in [7, 11) is 1.68. The summed E-state index contributed by atoms with van der Waals surface area (Å²) in [5.41, 5.74) is 1.03. The minimum atomic E-state index is -0.586. The Balaban J connectivity index is 1.84. The first kappa shape index (κ1) is 13.1. The monoisotopic (exact) mass is 274 g/mol. The van der Waals surface area contributed by atoms with Crippen LogP contribution in [-0.4, -0.2) is 58.5 Å². The first-order valence-corrected chi connectivity index (χ1v) is 6.87. The van der Waals surface area contributed by atoms with Crippen LogP contribution in [-0.2, 0) is 16.0 Å². The van der Waals surface area contributed by atoms with Gasteiger partial charge < -0.3 is 14.9 Å². The van der Waals surface area contributed by atoms with Crippen molar-refractivity contribution < 1.29 is 14.7 Å². The lowest BCUT2D eigenvalue weighted by Gasteiger charge is -2.40. The van der Waals surface area contributed by atoms with Crippen LogP contribution in [0.15, 0.2) is 30.3 Å². The summed E-state index contributed by atoms with van der Waals surface area (Å²) < 4.78 is 0. The molecular weight excluding hydrogens is 256 g/mol. The van der Waals surface area contributed by atoms with Gasteiger partial charge in [-0.05, 0) is 5.56 Å². The van der Waals surface area contributed by atoms with Crippen molar-refractivity contribution in [3.63, 3.8) is 0 Å². The average molecular weight is 274 g/mol. The van der Waals surface area contributed by atoms with Crippen LogP contribution < -0.4 is 0 Å². The van der Waals surface area contributed by atoms with E-state index in [2.05, 4.69) is 0 Å². The SMILES string of the molecule is CN1C(=O)C2C[C@@H](O)CN2C(=O)C1Cc1ccccc1. The van der Waals surface area contributed by atoms with Gasteiger partial charge in [-0.1, -0.05) is 30.3 Å². The van der Waals surface area contributed by atoms with Gasteiger partial charge in [0.25, 0.3) is 0 Å². The number of likely N-dealkylation sites (N-methyl/N-ethyl adjacent to an activating group) is 1. The molecule has 0 bridgehead atoms. The van der Waals surface area contributed by atoms with Crippen molar-refractivity contribution >= 4 is 11.8 Å². The fourth-order valence-corrected chi connectivity index (χ4v) is 3.10. The molecule has 1 N–H and O–H groups in total. The maximum Gasteiger partial charge on any atom is 0.246 e. The molecule has 3 rings (SSSR count). The van der Waals surface area contributed by atoms with E-state index in [0.29, 0.717) is 12.8 Å². The number of nitrogens with zero attached hydrogens (tertiary/aromatic N) is 2. The molecular formula is C15H18N2O3. The smallest absolute Gasteiger partial charge is 0.246 e. The zero-order valence-electron chi connectivity index (χ0n) is 11.4. The van der Waals surface area contributed by atoms with Crippen molar-refractivity contribution in [1.29, 1.82) is 0 Å². The third-order valence-corrected chi connectivity index (χ3v) is 4.22. The maximum absolute atomic E-state index is 12.5. The lowest BCUT2D eigenvalue weighted by molar-refractivity contribution is -0.157. The van der Waals surface area contributed by atoms with Crippen molar-refractivity contribution in [3.8, 4) is 0 Å². The Hall–Kier alpha value is -1.88. The summed E-state index contributed by atoms with van der Waals surface area (Å²) in [6, 6.07) is 8.74. The second kappa shape index (κ2) is 4.90. The van der Waals surface area contributed by atoms with E-state index >= 15 is 0 Å². The van der Waals surface area contributed by atoms with Gasteiger partial charge in [0.2, 0.25) is 11.8 Å². The van der Waals surface area contributed by atoms with Crippen LogP contribution in [0, 0.1) is 0 Å². The van der Waals surface area contributed by atoms with Gasteiger partial charge >= 0.3 is 0 Å². The van der Waals surface area contributed by atoms with E-state index in [4.69, 9.17) is 0 Å². The van der Waals surface area contributed by atoms with Crippen LogP contribution in [0.4, 0.5) is 0 Å². The molecule has 2 amide bonds. The number of piperazine rings is 1. The number of aliphatic hydroxyl groups excluding tert-OH is 1. The highest BCUT2D eigenvalue weighted by atomic mass is 16.3. The quantitative estimate of drug-likeness (QED) is 0.828. The largest absolute Gasteiger partial charge is 0.391 e. The maximum atomic E-state index is 12.5. The van der Waals surface area contributed by atoms with Crippen molar-refractivity contribution in [2.24, 2.45) is 0 Å². The van der Waals surface area contributed by atoms with Gasteiger partial charge in [-0.2, -0.15) is 0 Å². The lowest BCUT2D eigenvalue weighted by Crippen LogP contribution is -2.62. The van der Waals surface area contributed by atoms with Gasteiger partial charge in [0.15, 0.2) is 0 Å². The van der Waals surface area contributed by atoms with Crippen LogP contribution in [0.25, 0.3) is 0 Å². The molecule has 0 aliphatic carbocycles. The summed E-state index contributed by atoms with van der Waals surface area (Å²) in [6.07, 6.45) is 0.283. The van der Waals surface area contributed by atoms with Crippen LogP contribution in [0.2, 0.25) is 0 Å². The number of aliphatic hydroxyl groups is 1. The van der Waals surface area contributed by atoms with Crippen LogP contribution >= 0.6 is 0 Å². The average Bonchev–Trinajstić information content (AvgIpc) is 2.85. The summed E-state index contributed by atoms with van der Waals surface area (Å²) in [5.74, 6) is -0.125. The molecule has 1 aromatic carbocycles. The summed E-state index contributed by atoms with van der Waals surface area (Å²) in [5, 5.41) is 9.69. The minimum absolute atomic E-state index is 0.0579. The fourth-order valence-electron chi connectivity index (χ4n) is 3.10. The predicted octanol–water partition coefficient (Wildman–Crippen LogP) is 0.0315. The zero-order chi connectivity index (χ0) is 14.3. The highest BCUT2D eigenvalue weighted by Crippen LogP contribution is 2.27. The zero-order valence-corrected chi connectivity index (χ0v) is 11.4. The molecule has 2 heterocycles. The number of carbonyl (C=O) groups excluding carboxylic acids is 2. The lowest BCUT2D eigenvalue weighted by atomic mass is 9.99. The number of rotatable bonds is 2.